The van der Waals surface area contributed by atoms with Crippen molar-refractivity contribution < 1.29 is 80.2 Å². The van der Waals surface area contributed by atoms with Crippen molar-refractivity contribution >= 4 is 39.5 Å². The first-order valence-corrected chi connectivity index (χ1v) is 47.0. The third kappa shape index (κ3) is 78.2. The number of hydrogen-bond acceptors (Lipinski definition) is 15. The molecule has 0 fully saturated rings. The van der Waals surface area contributed by atoms with E-state index in [-0.39, 0.29) is 25.7 Å². The summed E-state index contributed by atoms with van der Waals surface area (Å²) in [6, 6.07) is 0. The van der Waals surface area contributed by atoms with Crippen molar-refractivity contribution in [2.45, 2.75) is 471 Å². The Hall–Kier alpha value is -1.94. The Kier molecular flexibility index (Phi) is 75.0. The van der Waals surface area contributed by atoms with Gasteiger partial charge >= 0.3 is 39.5 Å². The van der Waals surface area contributed by atoms with Crippen molar-refractivity contribution in [2.75, 3.05) is 39.6 Å². The van der Waals surface area contributed by atoms with Crippen molar-refractivity contribution in [1.29, 1.82) is 0 Å². The van der Waals surface area contributed by atoms with E-state index in [1.807, 2.05) is 0 Å². The highest BCUT2D eigenvalue weighted by atomic mass is 31.2. The maximum atomic E-state index is 13.1. The molecule has 0 aromatic carbocycles. The predicted molar refractivity (Wildman–Crippen MR) is 428 cm³/mol. The average molecular weight is 1520 g/mol. The van der Waals surface area contributed by atoms with Gasteiger partial charge < -0.3 is 33.8 Å². The second-order valence-electron chi connectivity index (χ2n) is 31.5. The lowest BCUT2D eigenvalue weighted by atomic mass is 10.0. The van der Waals surface area contributed by atoms with Gasteiger partial charge in [0, 0.05) is 25.7 Å². The Morgan fingerprint density at radius 2 is 0.442 bits per heavy atom. The molecule has 0 aliphatic carbocycles. The van der Waals surface area contributed by atoms with Gasteiger partial charge in [-0.25, -0.2) is 9.13 Å². The van der Waals surface area contributed by atoms with E-state index in [2.05, 4.69) is 41.5 Å². The Labute approximate surface area is 638 Å². The molecule has 618 valence electrons. The number of ether oxygens (including phenoxy) is 4. The predicted octanol–water partition coefficient (Wildman–Crippen LogP) is 25.8. The van der Waals surface area contributed by atoms with Crippen LogP contribution in [-0.4, -0.2) is 96.7 Å². The summed E-state index contributed by atoms with van der Waals surface area (Å²) < 4.78 is 68.8. The summed E-state index contributed by atoms with van der Waals surface area (Å²) in [5.74, 6) is -0.624. The molecule has 104 heavy (non-hydrogen) atoms. The molecular formula is C85H166O17P2. The van der Waals surface area contributed by atoms with Crippen LogP contribution in [0.25, 0.3) is 0 Å². The van der Waals surface area contributed by atoms with Crippen LogP contribution < -0.4 is 0 Å². The van der Waals surface area contributed by atoms with E-state index in [0.29, 0.717) is 31.6 Å². The molecule has 0 spiro atoms. The minimum atomic E-state index is -4.97. The van der Waals surface area contributed by atoms with Crippen LogP contribution in [-0.2, 0) is 65.4 Å². The highest BCUT2D eigenvalue weighted by molar-refractivity contribution is 7.47. The highest BCUT2D eigenvalue weighted by Crippen LogP contribution is 2.45. The molecule has 17 nitrogen and oxygen atoms in total. The lowest BCUT2D eigenvalue weighted by Gasteiger charge is -2.21. The van der Waals surface area contributed by atoms with Gasteiger partial charge in [-0.2, -0.15) is 0 Å². The first-order chi connectivity index (χ1) is 50.4. The maximum Gasteiger partial charge on any atom is 0.472 e. The van der Waals surface area contributed by atoms with Crippen LogP contribution >= 0.6 is 15.6 Å². The number of carbonyl (C=O) groups is 4. The van der Waals surface area contributed by atoms with Gasteiger partial charge in [-0.3, -0.25) is 37.3 Å². The molecule has 0 aromatic rings. The smallest absolute Gasteiger partial charge is 0.462 e. The molecule has 19 heteroatoms. The van der Waals surface area contributed by atoms with Gasteiger partial charge in [-0.15, -0.1) is 0 Å². The number of aliphatic hydroxyl groups is 1. The summed E-state index contributed by atoms with van der Waals surface area (Å²) in [5, 5.41) is 10.7. The van der Waals surface area contributed by atoms with Crippen molar-refractivity contribution in [1.82, 2.24) is 0 Å². The molecule has 3 N–H and O–H groups in total. The van der Waals surface area contributed by atoms with Gasteiger partial charge in [-0.1, -0.05) is 401 Å². The number of hydrogen-bond donors (Lipinski definition) is 3. The van der Waals surface area contributed by atoms with Gasteiger partial charge in [-0.05, 0) is 37.5 Å². The monoisotopic (exact) mass is 1520 g/mol. The lowest BCUT2D eigenvalue weighted by molar-refractivity contribution is -0.161. The Morgan fingerprint density at radius 3 is 0.654 bits per heavy atom. The fourth-order valence-electron chi connectivity index (χ4n) is 13.2. The minimum Gasteiger partial charge on any atom is -0.462 e. The zero-order valence-corrected chi connectivity index (χ0v) is 70.1. The normalized spacial score (nSPS) is 13.8. The molecule has 5 atom stereocenters. The second kappa shape index (κ2) is 76.4. The van der Waals surface area contributed by atoms with E-state index in [0.717, 1.165) is 102 Å². The van der Waals surface area contributed by atoms with E-state index >= 15 is 0 Å². The lowest BCUT2D eigenvalue weighted by Crippen LogP contribution is -2.30. The summed E-state index contributed by atoms with van der Waals surface area (Å²) in [6.07, 6.45) is 68.2. The first kappa shape index (κ1) is 102. The number of esters is 4. The molecule has 2 unspecified atom stereocenters. The molecule has 0 aromatic heterocycles. The quantitative estimate of drug-likeness (QED) is 0.0222. The zero-order chi connectivity index (χ0) is 76.4. The van der Waals surface area contributed by atoms with Gasteiger partial charge in [0.15, 0.2) is 12.2 Å². The van der Waals surface area contributed by atoms with Crippen molar-refractivity contribution in [2.24, 2.45) is 11.8 Å². The number of phosphoric acid groups is 2. The van der Waals surface area contributed by atoms with Crippen LogP contribution in [0.15, 0.2) is 0 Å². The number of unbranched alkanes of at least 4 members (excludes halogenated alkanes) is 54. The molecule has 0 amide bonds. The topological polar surface area (TPSA) is 237 Å². The van der Waals surface area contributed by atoms with Crippen LogP contribution in [0.4, 0.5) is 0 Å². The van der Waals surface area contributed by atoms with Crippen LogP contribution in [0.5, 0.6) is 0 Å². The molecule has 0 heterocycles. The standard InChI is InChI=1S/C85H166O17P2/c1-7-9-11-13-15-17-19-21-23-25-27-28-29-31-33-35-40-44-50-57-63-69-84(89)101-80(73-95-82(87)67-61-55-49-43-39-34-32-30-26-24-22-20-18-16-14-12-10-8-2)75-99-103(91,92)97-71-79(86)72-98-104(93,94)100-76-81(74-96-83(88)68-62-56-52-46-48-54-60-66-78(5)6)102-85(90)70-64-58-51-45-41-37-36-38-42-47-53-59-65-77(3)4/h77-81,86H,7-76H2,1-6H3,(H,91,92)(H,93,94)/t79-,80-,81-/m1/s1. The third-order valence-corrected chi connectivity index (χ3v) is 21.9. The summed E-state index contributed by atoms with van der Waals surface area (Å²) >= 11 is 0. The van der Waals surface area contributed by atoms with E-state index in [9.17, 15) is 43.2 Å². The fraction of sp³-hybridized carbons (Fsp3) is 0.953. The van der Waals surface area contributed by atoms with Gasteiger partial charge in [0.25, 0.3) is 0 Å². The molecule has 0 aliphatic rings. The fourth-order valence-corrected chi connectivity index (χ4v) is 14.8. The summed E-state index contributed by atoms with van der Waals surface area (Å²) in [7, 11) is -9.93. The van der Waals surface area contributed by atoms with Gasteiger partial charge in [0.1, 0.15) is 19.3 Å². The van der Waals surface area contributed by atoms with E-state index in [4.69, 9.17) is 37.0 Å². The van der Waals surface area contributed by atoms with Crippen LogP contribution in [0.1, 0.15) is 452 Å². The number of rotatable bonds is 84. The third-order valence-electron chi connectivity index (χ3n) is 20.0. The van der Waals surface area contributed by atoms with E-state index in [1.54, 1.807) is 0 Å². The number of phosphoric ester groups is 2. The van der Waals surface area contributed by atoms with Gasteiger partial charge in [0.05, 0.1) is 26.4 Å². The highest BCUT2D eigenvalue weighted by Gasteiger charge is 2.30. The molecular weight excluding hydrogens is 1350 g/mol. The summed E-state index contributed by atoms with van der Waals surface area (Å²) in [5.41, 5.74) is 0. The molecule has 0 rings (SSSR count). The van der Waals surface area contributed by atoms with Crippen molar-refractivity contribution in [3.8, 4) is 0 Å². The van der Waals surface area contributed by atoms with Crippen molar-refractivity contribution in [3.63, 3.8) is 0 Å². The minimum absolute atomic E-state index is 0.106. The first-order valence-electron chi connectivity index (χ1n) is 44.0. The van der Waals surface area contributed by atoms with E-state index < -0.39 is 97.5 Å². The molecule has 0 bridgehead atoms. The number of carbonyl (C=O) groups excluding carboxylic acids is 4. The Bertz CT molecular complexity index is 1990. The average Bonchev–Trinajstić information content (AvgIpc) is 0.910. The summed E-state index contributed by atoms with van der Waals surface area (Å²) in [6.45, 7) is 9.61. The zero-order valence-electron chi connectivity index (χ0n) is 68.3. The molecule has 0 radical (unpaired) electrons. The van der Waals surface area contributed by atoms with Crippen molar-refractivity contribution in [3.05, 3.63) is 0 Å². The van der Waals surface area contributed by atoms with Gasteiger partial charge in [0.2, 0.25) is 0 Å². The Morgan fingerprint density at radius 1 is 0.260 bits per heavy atom. The maximum absolute atomic E-state index is 13.1. The molecule has 0 aliphatic heterocycles. The van der Waals surface area contributed by atoms with Crippen LogP contribution in [0.3, 0.4) is 0 Å². The summed E-state index contributed by atoms with van der Waals surface area (Å²) in [4.78, 5) is 73.2. The second-order valence-corrected chi connectivity index (χ2v) is 34.4. The SMILES string of the molecule is CCCCCCCCCCCCCCCCCCCCCCCC(=O)O[C@H](COC(=O)CCCCCCCCCCCCCCCCCCCC)COP(=O)(O)OC[C@@H](O)COP(=O)(O)OC[C@@H](COC(=O)CCCCCCCCCC(C)C)OC(=O)CCCCCCCCCCCCCCC(C)C. The number of aliphatic hydroxyl groups excluding tert-OH is 1. The largest absolute Gasteiger partial charge is 0.472 e. The Balaban J connectivity index is 5.22. The van der Waals surface area contributed by atoms with Crippen LogP contribution in [0.2, 0.25) is 0 Å². The van der Waals surface area contributed by atoms with Crippen LogP contribution in [0, 0.1) is 11.8 Å². The molecule has 0 saturated carbocycles. The molecule has 0 saturated heterocycles. The van der Waals surface area contributed by atoms with E-state index in [1.165, 1.54) is 263 Å².